The molecule has 0 aliphatic carbocycles. The van der Waals surface area contributed by atoms with Gasteiger partial charge < -0.3 is 20.1 Å². The average molecular weight is 266 g/mol. The summed E-state index contributed by atoms with van der Waals surface area (Å²) in [5.74, 6) is 1.65. The summed E-state index contributed by atoms with van der Waals surface area (Å²) in [5, 5.41) is 11.7. The van der Waals surface area contributed by atoms with Gasteiger partial charge in [0.05, 0.1) is 19.3 Å². The number of hydrogen-bond acceptors (Lipinski definition) is 6. The quantitative estimate of drug-likeness (QED) is 0.821. The van der Waals surface area contributed by atoms with Gasteiger partial charge in [-0.1, -0.05) is 0 Å². The molecule has 0 saturated carbocycles. The molecular formula is C13H22N4O2. The summed E-state index contributed by atoms with van der Waals surface area (Å²) in [7, 11) is 1.82. The van der Waals surface area contributed by atoms with E-state index < -0.39 is 0 Å². The van der Waals surface area contributed by atoms with E-state index in [1.165, 1.54) is 0 Å². The van der Waals surface area contributed by atoms with Gasteiger partial charge in [0.15, 0.2) is 0 Å². The van der Waals surface area contributed by atoms with E-state index in [1.54, 1.807) is 0 Å². The lowest BCUT2D eigenvalue weighted by molar-refractivity contribution is 0.0158. The third-order valence-electron chi connectivity index (χ3n) is 3.35. The zero-order chi connectivity index (χ0) is 13.7. The highest BCUT2D eigenvalue weighted by Crippen LogP contribution is 2.23. The molecule has 1 fully saturated rings. The van der Waals surface area contributed by atoms with Gasteiger partial charge in [0, 0.05) is 31.9 Å². The van der Waals surface area contributed by atoms with Gasteiger partial charge in [-0.3, -0.25) is 0 Å². The number of anilines is 2. The van der Waals surface area contributed by atoms with Gasteiger partial charge in [-0.25, -0.2) is 4.98 Å². The molecule has 6 nitrogen and oxygen atoms in total. The van der Waals surface area contributed by atoms with Crippen LogP contribution in [0.5, 0.6) is 0 Å². The van der Waals surface area contributed by atoms with Crippen LogP contribution in [-0.2, 0) is 4.74 Å². The Kier molecular flexibility index (Phi) is 4.93. The van der Waals surface area contributed by atoms with Gasteiger partial charge >= 0.3 is 0 Å². The van der Waals surface area contributed by atoms with Gasteiger partial charge in [-0.05, 0) is 19.8 Å². The van der Waals surface area contributed by atoms with Crippen molar-refractivity contribution in [2.45, 2.75) is 25.9 Å². The van der Waals surface area contributed by atoms with E-state index in [4.69, 9.17) is 9.84 Å². The number of nitrogens with one attached hydrogen (secondary N) is 1. The van der Waals surface area contributed by atoms with Gasteiger partial charge in [0.2, 0.25) is 5.95 Å². The second-order valence-corrected chi connectivity index (χ2v) is 4.73. The van der Waals surface area contributed by atoms with Crippen molar-refractivity contribution in [3.05, 3.63) is 11.8 Å². The summed E-state index contributed by atoms with van der Waals surface area (Å²) in [6.45, 7) is 4.41. The maximum atomic E-state index is 8.76. The van der Waals surface area contributed by atoms with Crippen LogP contribution >= 0.6 is 0 Å². The standard InChI is InChI=1S/C13H22N4O2/c1-10-9-15-13(14-2)16-12(10)17-5-3-11(4-6-17)19-8-7-18/h9,11,18H,3-8H2,1-2H3,(H,14,15,16). The van der Waals surface area contributed by atoms with Crippen LogP contribution in [0.2, 0.25) is 0 Å². The van der Waals surface area contributed by atoms with Gasteiger partial charge in [0.1, 0.15) is 5.82 Å². The van der Waals surface area contributed by atoms with E-state index in [-0.39, 0.29) is 12.7 Å². The number of aliphatic hydroxyl groups excluding tert-OH is 1. The van der Waals surface area contributed by atoms with Crippen LogP contribution in [0.4, 0.5) is 11.8 Å². The molecule has 0 radical (unpaired) electrons. The summed E-state index contributed by atoms with van der Waals surface area (Å²) in [6, 6.07) is 0. The minimum Gasteiger partial charge on any atom is -0.394 e. The fourth-order valence-electron chi connectivity index (χ4n) is 2.33. The van der Waals surface area contributed by atoms with Crippen LogP contribution in [0.1, 0.15) is 18.4 Å². The minimum absolute atomic E-state index is 0.0940. The summed E-state index contributed by atoms with van der Waals surface area (Å²) in [4.78, 5) is 11.0. The zero-order valence-corrected chi connectivity index (χ0v) is 11.6. The van der Waals surface area contributed by atoms with Crippen LogP contribution in [-0.4, -0.2) is 54.5 Å². The molecule has 2 heterocycles. The monoisotopic (exact) mass is 266 g/mol. The van der Waals surface area contributed by atoms with Crippen molar-refractivity contribution in [1.82, 2.24) is 9.97 Å². The van der Waals surface area contributed by atoms with E-state index in [1.807, 2.05) is 20.2 Å². The Labute approximate surface area is 113 Å². The first-order chi connectivity index (χ1) is 9.24. The second kappa shape index (κ2) is 6.68. The molecule has 0 amide bonds. The summed E-state index contributed by atoms with van der Waals surface area (Å²) < 4.78 is 5.57. The molecule has 1 aliphatic rings. The fraction of sp³-hybridized carbons (Fsp3) is 0.692. The lowest BCUT2D eigenvalue weighted by Gasteiger charge is -2.33. The number of ether oxygens (including phenoxy) is 1. The van der Waals surface area contributed by atoms with E-state index in [0.717, 1.165) is 37.3 Å². The highest BCUT2D eigenvalue weighted by Gasteiger charge is 2.21. The maximum absolute atomic E-state index is 8.76. The Morgan fingerprint density at radius 2 is 2.21 bits per heavy atom. The first-order valence-corrected chi connectivity index (χ1v) is 6.73. The normalized spacial score (nSPS) is 16.7. The van der Waals surface area contributed by atoms with Crippen molar-refractivity contribution in [3.63, 3.8) is 0 Å². The molecule has 106 valence electrons. The Bertz CT molecular complexity index is 406. The number of piperidine rings is 1. The molecule has 0 spiro atoms. The summed E-state index contributed by atoms with van der Waals surface area (Å²) in [5.41, 5.74) is 1.09. The lowest BCUT2D eigenvalue weighted by atomic mass is 10.1. The van der Waals surface area contributed by atoms with E-state index in [9.17, 15) is 0 Å². The maximum Gasteiger partial charge on any atom is 0.224 e. The largest absolute Gasteiger partial charge is 0.394 e. The van der Waals surface area contributed by atoms with Crippen LogP contribution < -0.4 is 10.2 Å². The molecule has 0 bridgehead atoms. The number of rotatable bonds is 5. The Hall–Kier alpha value is -1.40. The fourth-order valence-corrected chi connectivity index (χ4v) is 2.33. The van der Waals surface area contributed by atoms with Crippen LogP contribution in [0.25, 0.3) is 0 Å². The molecule has 1 saturated heterocycles. The van der Waals surface area contributed by atoms with Crippen molar-refractivity contribution >= 4 is 11.8 Å². The predicted molar refractivity (Wildman–Crippen MR) is 74.6 cm³/mol. The van der Waals surface area contributed by atoms with E-state index >= 15 is 0 Å². The van der Waals surface area contributed by atoms with Crippen LogP contribution in [0.15, 0.2) is 6.20 Å². The van der Waals surface area contributed by atoms with E-state index in [0.29, 0.717) is 12.6 Å². The van der Waals surface area contributed by atoms with Crippen LogP contribution in [0, 0.1) is 6.92 Å². The first-order valence-electron chi connectivity index (χ1n) is 6.73. The molecule has 1 aliphatic heterocycles. The molecule has 0 aromatic carbocycles. The summed E-state index contributed by atoms with van der Waals surface area (Å²) in [6.07, 6.45) is 4.05. The van der Waals surface area contributed by atoms with E-state index in [2.05, 4.69) is 20.2 Å². The van der Waals surface area contributed by atoms with Crippen LogP contribution in [0.3, 0.4) is 0 Å². The van der Waals surface area contributed by atoms with Crippen molar-refractivity contribution in [2.24, 2.45) is 0 Å². The number of aromatic nitrogens is 2. The molecule has 0 unspecified atom stereocenters. The second-order valence-electron chi connectivity index (χ2n) is 4.73. The van der Waals surface area contributed by atoms with Crippen molar-refractivity contribution in [1.29, 1.82) is 0 Å². The molecule has 1 aromatic heterocycles. The molecular weight excluding hydrogens is 244 g/mol. The molecule has 2 N–H and O–H groups in total. The molecule has 1 aromatic rings. The highest BCUT2D eigenvalue weighted by atomic mass is 16.5. The predicted octanol–water partition coefficient (Wildman–Crippen LogP) is 0.804. The van der Waals surface area contributed by atoms with Crippen molar-refractivity contribution in [2.75, 3.05) is 43.6 Å². The van der Waals surface area contributed by atoms with Crippen molar-refractivity contribution < 1.29 is 9.84 Å². The zero-order valence-electron chi connectivity index (χ0n) is 11.6. The molecule has 2 rings (SSSR count). The topological polar surface area (TPSA) is 70.5 Å². The van der Waals surface area contributed by atoms with Gasteiger partial charge in [-0.15, -0.1) is 0 Å². The molecule has 6 heteroatoms. The Morgan fingerprint density at radius 3 is 2.84 bits per heavy atom. The third kappa shape index (κ3) is 3.54. The lowest BCUT2D eigenvalue weighted by Crippen LogP contribution is -2.38. The Balaban J connectivity index is 1.97. The smallest absolute Gasteiger partial charge is 0.224 e. The summed E-state index contributed by atoms with van der Waals surface area (Å²) >= 11 is 0. The van der Waals surface area contributed by atoms with Crippen molar-refractivity contribution in [3.8, 4) is 0 Å². The first kappa shape index (κ1) is 14.0. The van der Waals surface area contributed by atoms with Gasteiger partial charge in [-0.2, -0.15) is 4.98 Å². The molecule has 19 heavy (non-hydrogen) atoms. The highest BCUT2D eigenvalue weighted by molar-refractivity contribution is 5.49. The number of nitrogens with zero attached hydrogens (tertiary/aromatic N) is 3. The SMILES string of the molecule is CNc1ncc(C)c(N2CCC(OCCO)CC2)n1. The Morgan fingerprint density at radius 1 is 1.47 bits per heavy atom. The minimum atomic E-state index is 0.0940. The number of aliphatic hydroxyl groups is 1. The average Bonchev–Trinajstić information content (AvgIpc) is 2.46. The van der Waals surface area contributed by atoms with Gasteiger partial charge in [0.25, 0.3) is 0 Å². The third-order valence-corrected chi connectivity index (χ3v) is 3.35. The number of hydrogen-bond donors (Lipinski definition) is 2. The molecule has 0 atom stereocenters. The number of aryl methyl sites for hydroxylation is 1.